The highest BCUT2D eigenvalue weighted by Crippen LogP contribution is 2.16. The lowest BCUT2D eigenvalue weighted by atomic mass is 10.1. The number of aryl methyl sites for hydroxylation is 1. The van der Waals surface area contributed by atoms with Gasteiger partial charge in [0.2, 0.25) is 6.33 Å². The number of carbonyl (C=O) groups excluding carboxylic acids is 2. The molecule has 0 unspecified atom stereocenters. The second-order valence-corrected chi connectivity index (χ2v) is 10.7. The summed E-state index contributed by atoms with van der Waals surface area (Å²) < 4.78 is 9.19. The second kappa shape index (κ2) is 13.0. The van der Waals surface area contributed by atoms with Crippen molar-refractivity contribution in [1.29, 1.82) is 0 Å². The van der Waals surface area contributed by atoms with Crippen molar-refractivity contribution in [3.05, 3.63) is 113 Å². The van der Waals surface area contributed by atoms with Crippen molar-refractivity contribution in [3.63, 3.8) is 0 Å². The number of nitrogens with one attached hydrogen (secondary N) is 3. The zero-order valence-electron chi connectivity index (χ0n) is 24.3. The molecule has 0 atom stereocenters. The Kier molecular flexibility index (Phi) is 8.57. The van der Waals surface area contributed by atoms with Crippen LogP contribution in [-0.4, -0.2) is 70.9 Å². The first-order chi connectivity index (χ1) is 21.0. The normalized spacial score (nSPS) is 13.7. The molecule has 0 aliphatic carbocycles. The van der Waals surface area contributed by atoms with Gasteiger partial charge in [-0.15, -0.1) is 0 Å². The highest BCUT2D eigenvalue weighted by molar-refractivity contribution is 5.97. The fourth-order valence-electron chi connectivity index (χ4n) is 5.38. The Morgan fingerprint density at radius 1 is 0.953 bits per heavy atom. The van der Waals surface area contributed by atoms with Crippen LogP contribution >= 0.6 is 0 Å². The number of hydrogen-bond donors (Lipinski definition) is 3. The molecule has 220 valence electrons. The van der Waals surface area contributed by atoms with Crippen LogP contribution in [0.2, 0.25) is 0 Å². The smallest absolute Gasteiger partial charge is 0.255 e. The fraction of sp³-hybridized carbons (Fsp3) is 0.273. The predicted octanol–water partition coefficient (Wildman–Crippen LogP) is 2.76. The zero-order valence-corrected chi connectivity index (χ0v) is 24.3. The number of carbonyl (C=O) groups is 2. The van der Waals surface area contributed by atoms with Gasteiger partial charge in [0.25, 0.3) is 11.8 Å². The van der Waals surface area contributed by atoms with Gasteiger partial charge in [0.15, 0.2) is 11.0 Å². The molecule has 3 aromatic carbocycles. The summed E-state index contributed by atoms with van der Waals surface area (Å²) in [6, 6.07) is 23.8. The van der Waals surface area contributed by atoms with Gasteiger partial charge in [-0.3, -0.25) is 19.2 Å². The van der Waals surface area contributed by atoms with Crippen molar-refractivity contribution in [2.75, 3.05) is 39.4 Å². The summed E-state index contributed by atoms with van der Waals surface area (Å²) in [6.07, 6.45) is 4.15. The van der Waals surface area contributed by atoms with E-state index in [4.69, 9.17) is 4.74 Å². The van der Waals surface area contributed by atoms with Crippen LogP contribution in [0.25, 0.3) is 16.7 Å². The minimum Gasteiger partial charge on any atom is -0.379 e. The molecule has 0 saturated carbocycles. The lowest BCUT2D eigenvalue weighted by Crippen LogP contribution is -2.41. The molecule has 1 aliphatic heterocycles. The van der Waals surface area contributed by atoms with Gasteiger partial charge in [0, 0.05) is 57.8 Å². The van der Waals surface area contributed by atoms with E-state index >= 15 is 0 Å². The van der Waals surface area contributed by atoms with E-state index in [1.165, 1.54) is 0 Å². The number of morpholine rings is 1. The largest absolute Gasteiger partial charge is 0.379 e. The summed E-state index contributed by atoms with van der Waals surface area (Å²) >= 11 is 0. The molecule has 3 heterocycles. The maximum absolute atomic E-state index is 13.0. The van der Waals surface area contributed by atoms with E-state index in [-0.39, 0.29) is 11.8 Å². The van der Waals surface area contributed by atoms with Crippen LogP contribution in [0, 0.1) is 0 Å². The number of aromatic nitrogens is 4. The molecule has 5 aromatic rings. The molecule has 1 fully saturated rings. The molecule has 43 heavy (non-hydrogen) atoms. The summed E-state index contributed by atoms with van der Waals surface area (Å²) in [5.74, 6) is -0.226. The molecule has 10 heteroatoms. The van der Waals surface area contributed by atoms with Gasteiger partial charge in [0.1, 0.15) is 5.69 Å². The highest BCUT2D eigenvalue weighted by Gasteiger charge is 2.18. The topological polar surface area (TPSA) is 108 Å². The summed E-state index contributed by atoms with van der Waals surface area (Å²) in [5, 5.41) is 10.4. The van der Waals surface area contributed by atoms with E-state index < -0.39 is 0 Å². The Bertz CT molecular complexity index is 1700. The van der Waals surface area contributed by atoms with Crippen LogP contribution in [0.1, 0.15) is 37.5 Å². The number of fused-ring (bicyclic) bond motifs is 1. The van der Waals surface area contributed by atoms with Crippen molar-refractivity contribution in [2.45, 2.75) is 13.0 Å². The molecule has 0 radical (unpaired) electrons. The molecule has 1 saturated heterocycles. The number of amides is 2. The van der Waals surface area contributed by atoms with Gasteiger partial charge >= 0.3 is 0 Å². The number of H-pyrrole nitrogens is 1. The third kappa shape index (κ3) is 6.66. The van der Waals surface area contributed by atoms with Gasteiger partial charge in [-0.05, 0) is 35.4 Å². The first-order valence-electron chi connectivity index (χ1n) is 14.6. The summed E-state index contributed by atoms with van der Waals surface area (Å²) in [6.45, 7) is 5.13. The summed E-state index contributed by atoms with van der Waals surface area (Å²) in [4.78, 5) is 31.4. The zero-order chi connectivity index (χ0) is 29.6. The number of nitrogens with zero attached hydrogens (tertiary/aromatic N) is 4. The van der Waals surface area contributed by atoms with Crippen LogP contribution in [0.15, 0.2) is 85.3 Å². The van der Waals surface area contributed by atoms with Crippen molar-refractivity contribution in [2.24, 2.45) is 7.05 Å². The maximum Gasteiger partial charge on any atom is 0.255 e. The number of benzene rings is 3. The molecule has 6 rings (SSSR count). The average molecular weight is 579 g/mol. The number of hydrogen-bond acceptors (Lipinski definition) is 5. The van der Waals surface area contributed by atoms with E-state index in [0.717, 1.165) is 66.4 Å². The van der Waals surface area contributed by atoms with Gasteiger partial charge in [0.05, 0.1) is 30.7 Å². The number of aromatic amines is 1. The standard InChI is InChI=1S/C33H35N7O3/c1-38-31(19-24-5-3-2-4-6-24)28(22-37-38)33(42)35-21-25-7-10-27(11-8-25)40-23-36-29-20-26(9-12-30(29)40)32(41)34-13-14-39-15-17-43-18-16-39/h2-12,20,22-23H,13-19,21H2,1H3,(H2,34,35,41,42)/p+1. The predicted molar refractivity (Wildman–Crippen MR) is 163 cm³/mol. The van der Waals surface area contributed by atoms with Crippen molar-refractivity contribution < 1.29 is 18.9 Å². The van der Waals surface area contributed by atoms with Crippen molar-refractivity contribution in [1.82, 2.24) is 30.3 Å². The highest BCUT2D eigenvalue weighted by atomic mass is 16.5. The van der Waals surface area contributed by atoms with E-state index in [1.54, 1.807) is 10.9 Å². The summed E-state index contributed by atoms with van der Waals surface area (Å²) in [7, 11) is 1.86. The fourth-order valence-corrected chi connectivity index (χ4v) is 5.38. The monoisotopic (exact) mass is 578 g/mol. The lowest BCUT2D eigenvalue weighted by Gasteiger charge is -2.26. The van der Waals surface area contributed by atoms with Crippen LogP contribution < -0.4 is 15.2 Å². The first kappa shape index (κ1) is 28.3. The number of ether oxygens (including phenoxy) is 1. The van der Waals surface area contributed by atoms with Crippen LogP contribution in [0.4, 0.5) is 0 Å². The Hall–Kier alpha value is -4.80. The first-order valence-corrected chi connectivity index (χ1v) is 14.6. The molecular weight excluding hydrogens is 542 g/mol. The Morgan fingerprint density at radius 2 is 1.74 bits per heavy atom. The molecule has 0 spiro atoms. The molecule has 2 amide bonds. The third-order valence-electron chi connectivity index (χ3n) is 7.87. The van der Waals surface area contributed by atoms with E-state index in [9.17, 15) is 9.59 Å². The Balaban J connectivity index is 1.06. The van der Waals surface area contributed by atoms with Gasteiger partial charge in [-0.25, -0.2) is 4.98 Å². The van der Waals surface area contributed by atoms with Crippen LogP contribution in [0.3, 0.4) is 0 Å². The van der Waals surface area contributed by atoms with Gasteiger partial charge in [-0.2, -0.15) is 9.67 Å². The molecule has 3 N–H and O–H groups in total. The minimum absolute atomic E-state index is 0.0822. The molecule has 10 nitrogen and oxygen atoms in total. The Morgan fingerprint density at radius 3 is 2.53 bits per heavy atom. The average Bonchev–Trinajstić information content (AvgIpc) is 3.64. The Labute approximate surface area is 250 Å². The lowest BCUT2D eigenvalue weighted by molar-refractivity contribution is -0.567. The maximum atomic E-state index is 13.0. The SMILES string of the molecule is Cn1ncc(C(=O)NCc2ccc(-[n+]3c[nH]c4cc(C(=O)NCCN5CCOCC5)ccc43)cc2)c1Cc1ccccc1. The third-order valence-corrected chi connectivity index (χ3v) is 7.87. The molecule has 2 aromatic heterocycles. The summed E-state index contributed by atoms with van der Waals surface area (Å²) in [5.41, 5.74) is 7.02. The van der Waals surface area contributed by atoms with Gasteiger partial charge in [-0.1, -0.05) is 42.5 Å². The van der Waals surface area contributed by atoms with E-state index in [1.807, 2.05) is 90.7 Å². The van der Waals surface area contributed by atoms with E-state index in [0.29, 0.717) is 30.6 Å². The molecular formula is C33H36N7O3+. The van der Waals surface area contributed by atoms with Crippen LogP contribution in [0.5, 0.6) is 0 Å². The van der Waals surface area contributed by atoms with Crippen molar-refractivity contribution >= 4 is 22.8 Å². The quantitative estimate of drug-likeness (QED) is 0.221. The molecule has 0 bridgehead atoms. The second-order valence-electron chi connectivity index (χ2n) is 10.7. The molecule has 1 aliphatic rings. The number of imidazole rings is 1. The van der Waals surface area contributed by atoms with E-state index in [2.05, 4.69) is 25.6 Å². The number of rotatable bonds is 10. The van der Waals surface area contributed by atoms with Crippen LogP contribution in [-0.2, 0) is 24.8 Å². The van der Waals surface area contributed by atoms with Gasteiger partial charge < -0.3 is 15.4 Å². The minimum atomic E-state index is -0.143. The van der Waals surface area contributed by atoms with Crippen molar-refractivity contribution in [3.8, 4) is 5.69 Å².